The average molecular weight is 212 g/mol. The van der Waals surface area contributed by atoms with Gasteiger partial charge in [-0.05, 0) is 30.5 Å². The van der Waals surface area contributed by atoms with Gasteiger partial charge in [0.05, 0.1) is 0 Å². The number of hydrogen-bond acceptors (Lipinski definition) is 1. The minimum Gasteiger partial charge on any atom is -0.369 e. The first-order chi connectivity index (χ1) is 6.52. The third-order valence-corrected chi connectivity index (χ3v) is 2.70. The maximum absolute atomic E-state index is 10.9. The molecule has 3 heteroatoms. The predicted molar refractivity (Wildman–Crippen MR) is 58.3 cm³/mol. The van der Waals surface area contributed by atoms with Crippen LogP contribution in [0, 0.1) is 12.8 Å². The molecule has 1 unspecified atom stereocenters. The standard InChI is InChI=1S/C11H14ClNO/c1-7-4-3-5-10(12)9(7)6-8(2)11(13)14/h3-5,8H,6H2,1-2H3,(H2,13,14). The normalized spacial score (nSPS) is 12.5. The molecule has 0 aliphatic carbocycles. The Morgan fingerprint density at radius 1 is 1.57 bits per heavy atom. The number of aryl methyl sites for hydroxylation is 1. The van der Waals surface area contributed by atoms with Crippen molar-refractivity contribution in [3.05, 3.63) is 34.3 Å². The van der Waals surface area contributed by atoms with E-state index in [0.29, 0.717) is 11.4 Å². The highest BCUT2D eigenvalue weighted by Crippen LogP contribution is 2.22. The zero-order chi connectivity index (χ0) is 10.7. The van der Waals surface area contributed by atoms with Crippen LogP contribution in [0.4, 0.5) is 0 Å². The molecule has 0 aliphatic rings. The van der Waals surface area contributed by atoms with E-state index in [1.54, 1.807) is 0 Å². The Morgan fingerprint density at radius 2 is 2.21 bits per heavy atom. The fraction of sp³-hybridized carbons (Fsp3) is 0.364. The number of nitrogens with two attached hydrogens (primary N) is 1. The molecule has 0 saturated carbocycles. The second kappa shape index (κ2) is 4.47. The Balaban J connectivity index is 2.91. The minimum absolute atomic E-state index is 0.173. The van der Waals surface area contributed by atoms with E-state index in [1.807, 2.05) is 32.0 Å². The van der Waals surface area contributed by atoms with Gasteiger partial charge in [0.1, 0.15) is 0 Å². The molecule has 1 atom stereocenters. The Morgan fingerprint density at radius 3 is 2.71 bits per heavy atom. The highest BCUT2D eigenvalue weighted by molar-refractivity contribution is 6.31. The van der Waals surface area contributed by atoms with Crippen LogP contribution in [0.15, 0.2) is 18.2 Å². The molecule has 0 spiro atoms. The number of carbonyl (C=O) groups is 1. The van der Waals surface area contributed by atoms with Crippen molar-refractivity contribution in [3.63, 3.8) is 0 Å². The van der Waals surface area contributed by atoms with E-state index in [9.17, 15) is 4.79 Å². The van der Waals surface area contributed by atoms with Crippen molar-refractivity contribution in [2.75, 3.05) is 0 Å². The summed E-state index contributed by atoms with van der Waals surface area (Å²) in [4.78, 5) is 10.9. The summed E-state index contributed by atoms with van der Waals surface area (Å²) in [5.41, 5.74) is 7.32. The summed E-state index contributed by atoms with van der Waals surface area (Å²) in [6.07, 6.45) is 0.612. The lowest BCUT2D eigenvalue weighted by Gasteiger charge is -2.11. The third-order valence-electron chi connectivity index (χ3n) is 2.35. The number of primary amides is 1. The highest BCUT2D eigenvalue weighted by Gasteiger charge is 2.13. The second-order valence-electron chi connectivity index (χ2n) is 3.54. The van der Waals surface area contributed by atoms with Crippen LogP contribution in [0.25, 0.3) is 0 Å². The molecule has 0 bridgehead atoms. The van der Waals surface area contributed by atoms with Gasteiger partial charge in [-0.1, -0.05) is 30.7 Å². The van der Waals surface area contributed by atoms with Crippen molar-refractivity contribution in [1.82, 2.24) is 0 Å². The second-order valence-corrected chi connectivity index (χ2v) is 3.95. The van der Waals surface area contributed by atoms with E-state index >= 15 is 0 Å². The molecular formula is C11H14ClNO. The van der Waals surface area contributed by atoms with Gasteiger partial charge < -0.3 is 5.73 Å². The summed E-state index contributed by atoms with van der Waals surface area (Å²) < 4.78 is 0. The number of rotatable bonds is 3. The van der Waals surface area contributed by atoms with Crippen molar-refractivity contribution in [2.45, 2.75) is 20.3 Å². The fourth-order valence-corrected chi connectivity index (χ4v) is 1.63. The zero-order valence-electron chi connectivity index (χ0n) is 8.38. The van der Waals surface area contributed by atoms with Crippen LogP contribution in [0.1, 0.15) is 18.1 Å². The van der Waals surface area contributed by atoms with E-state index in [4.69, 9.17) is 17.3 Å². The van der Waals surface area contributed by atoms with Crippen molar-refractivity contribution >= 4 is 17.5 Å². The molecule has 1 aromatic carbocycles. The Kier molecular flexibility index (Phi) is 3.53. The molecule has 0 radical (unpaired) electrons. The van der Waals surface area contributed by atoms with Gasteiger partial charge in [-0.2, -0.15) is 0 Å². The van der Waals surface area contributed by atoms with E-state index in [2.05, 4.69) is 0 Å². The zero-order valence-corrected chi connectivity index (χ0v) is 9.14. The van der Waals surface area contributed by atoms with Gasteiger partial charge in [0.2, 0.25) is 5.91 Å². The van der Waals surface area contributed by atoms with E-state index in [0.717, 1.165) is 11.1 Å². The fourth-order valence-electron chi connectivity index (χ4n) is 1.33. The van der Waals surface area contributed by atoms with Gasteiger partial charge in [-0.15, -0.1) is 0 Å². The summed E-state index contributed by atoms with van der Waals surface area (Å²) >= 11 is 6.03. The molecule has 1 amide bonds. The van der Waals surface area contributed by atoms with Gasteiger partial charge in [0.15, 0.2) is 0 Å². The highest BCUT2D eigenvalue weighted by atomic mass is 35.5. The molecular weight excluding hydrogens is 198 g/mol. The summed E-state index contributed by atoms with van der Waals surface area (Å²) in [6, 6.07) is 5.71. The third kappa shape index (κ3) is 2.48. The first-order valence-electron chi connectivity index (χ1n) is 4.55. The van der Waals surface area contributed by atoms with Crippen LogP contribution in [0.5, 0.6) is 0 Å². The lowest BCUT2D eigenvalue weighted by atomic mass is 9.97. The summed E-state index contributed by atoms with van der Waals surface area (Å²) in [5.74, 6) is -0.460. The van der Waals surface area contributed by atoms with Crippen LogP contribution < -0.4 is 5.73 Å². The molecule has 2 N–H and O–H groups in total. The number of benzene rings is 1. The van der Waals surface area contributed by atoms with Crippen molar-refractivity contribution in [2.24, 2.45) is 11.7 Å². The molecule has 1 aromatic rings. The maximum atomic E-state index is 10.9. The quantitative estimate of drug-likeness (QED) is 0.819. The minimum atomic E-state index is -0.288. The largest absolute Gasteiger partial charge is 0.369 e. The van der Waals surface area contributed by atoms with Gasteiger partial charge in [-0.25, -0.2) is 0 Å². The van der Waals surface area contributed by atoms with Gasteiger partial charge in [0, 0.05) is 10.9 Å². The van der Waals surface area contributed by atoms with Crippen molar-refractivity contribution < 1.29 is 4.79 Å². The maximum Gasteiger partial charge on any atom is 0.220 e. The van der Waals surface area contributed by atoms with Crippen LogP contribution >= 0.6 is 11.6 Å². The average Bonchev–Trinajstić information content (AvgIpc) is 2.11. The first kappa shape index (κ1) is 11.1. The SMILES string of the molecule is Cc1cccc(Cl)c1CC(C)C(N)=O. The smallest absolute Gasteiger partial charge is 0.220 e. The van der Waals surface area contributed by atoms with E-state index in [1.165, 1.54) is 0 Å². The van der Waals surface area contributed by atoms with E-state index < -0.39 is 0 Å². The Labute approximate surface area is 89.1 Å². The number of carbonyl (C=O) groups excluding carboxylic acids is 1. The van der Waals surface area contributed by atoms with Gasteiger partial charge >= 0.3 is 0 Å². The topological polar surface area (TPSA) is 43.1 Å². The molecule has 2 nitrogen and oxygen atoms in total. The molecule has 0 aliphatic heterocycles. The van der Waals surface area contributed by atoms with Crippen LogP contribution in [0.3, 0.4) is 0 Å². The lowest BCUT2D eigenvalue weighted by molar-refractivity contribution is -0.121. The number of hydrogen-bond donors (Lipinski definition) is 1. The number of amides is 1. The number of halogens is 1. The summed E-state index contributed by atoms with van der Waals surface area (Å²) in [7, 11) is 0. The van der Waals surface area contributed by atoms with E-state index in [-0.39, 0.29) is 11.8 Å². The molecule has 76 valence electrons. The van der Waals surface area contributed by atoms with Gasteiger partial charge in [0.25, 0.3) is 0 Å². The molecule has 0 aromatic heterocycles. The molecule has 0 saturated heterocycles. The lowest BCUT2D eigenvalue weighted by Crippen LogP contribution is -2.22. The monoisotopic (exact) mass is 211 g/mol. The first-order valence-corrected chi connectivity index (χ1v) is 4.93. The Hall–Kier alpha value is -1.02. The molecule has 0 heterocycles. The molecule has 0 fully saturated rings. The summed E-state index contributed by atoms with van der Waals surface area (Å²) in [6.45, 7) is 3.79. The van der Waals surface area contributed by atoms with Gasteiger partial charge in [-0.3, -0.25) is 4.79 Å². The molecule has 14 heavy (non-hydrogen) atoms. The summed E-state index contributed by atoms with van der Waals surface area (Å²) in [5, 5.41) is 0.707. The molecule has 1 rings (SSSR count). The van der Waals surface area contributed by atoms with Crippen LogP contribution in [-0.4, -0.2) is 5.91 Å². The van der Waals surface area contributed by atoms with Crippen molar-refractivity contribution in [3.8, 4) is 0 Å². The Bertz CT molecular complexity index is 329. The van der Waals surface area contributed by atoms with Crippen LogP contribution in [0.2, 0.25) is 5.02 Å². The van der Waals surface area contributed by atoms with Crippen molar-refractivity contribution in [1.29, 1.82) is 0 Å². The predicted octanol–water partition coefficient (Wildman–Crippen LogP) is 2.31. The van der Waals surface area contributed by atoms with Crippen LogP contribution in [-0.2, 0) is 11.2 Å².